The Morgan fingerprint density at radius 3 is 2.36 bits per heavy atom. The van der Waals surface area contributed by atoms with E-state index in [2.05, 4.69) is 67.0 Å². The Labute approximate surface area is 198 Å². The molecule has 1 fully saturated rings. The van der Waals surface area contributed by atoms with Gasteiger partial charge in [0.15, 0.2) is 0 Å². The number of carbonyl (C=O) groups is 1. The van der Waals surface area contributed by atoms with Crippen molar-refractivity contribution in [3.8, 4) is 0 Å². The second-order valence-corrected chi connectivity index (χ2v) is 9.95. The van der Waals surface area contributed by atoms with Crippen LogP contribution >= 0.6 is 0 Å². The molecule has 4 heteroatoms. The van der Waals surface area contributed by atoms with E-state index >= 15 is 0 Å². The van der Waals surface area contributed by atoms with Crippen LogP contribution in [0.3, 0.4) is 0 Å². The second kappa shape index (κ2) is 10.4. The largest absolute Gasteiger partial charge is 0.465 e. The lowest BCUT2D eigenvalue weighted by molar-refractivity contribution is 0.0703. The monoisotopic (exact) mass is 444 g/mol. The molecule has 1 aromatic heterocycles. The van der Waals surface area contributed by atoms with Gasteiger partial charge in [0.1, 0.15) is 11.5 Å². The second-order valence-electron chi connectivity index (χ2n) is 9.95. The van der Waals surface area contributed by atoms with Crippen molar-refractivity contribution in [2.45, 2.75) is 40.2 Å². The van der Waals surface area contributed by atoms with E-state index in [0.717, 1.165) is 49.8 Å². The molecule has 33 heavy (non-hydrogen) atoms. The van der Waals surface area contributed by atoms with Crippen molar-refractivity contribution < 1.29 is 9.21 Å². The summed E-state index contributed by atoms with van der Waals surface area (Å²) in [5.74, 6) is 3.27. The molecule has 0 spiro atoms. The molecule has 0 N–H and O–H groups in total. The van der Waals surface area contributed by atoms with Crippen molar-refractivity contribution in [3.05, 3.63) is 94.9 Å². The molecular formula is C29H36N2O2. The molecule has 1 aliphatic rings. The molecule has 0 saturated carbocycles. The van der Waals surface area contributed by atoms with Crippen LogP contribution in [0, 0.1) is 25.7 Å². The minimum atomic E-state index is 0.135. The Hall–Kier alpha value is -2.85. The first-order valence-electron chi connectivity index (χ1n) is 12.1. The van der Waals surface area contributed by atoms with Crippen LogP contribution in [0.1, 0.15) is 52.8 Å². The lowest BCUT2D eigenvalue weighted by Gasteiger charge is -2.30. The van der Waals surface area contributed by atoms with E-state index in [1.54, 1.807) is 0 Å². The van der Waals surface area contributed by atoms with Crippen LogP contribution in [0.4, 0.5) is 0 Å². The summed E-state index contributed by atoms with van der Waals surface area (Å²) in [6.45, 7) is 12.7. The summed E-state index contributed by atoms with van der Waals surface area (Å²) in [4.78, 5) is 18.1. The van der Waals surface area contributed by atoms with Crippen molar-refractivity contribution in [1.82, 2.24) is 9.80 Å². The van der Waals surface area contributed by atoms with Gasteiger partial charge in [0.2, 0.25) is 0 Å². The third-order valence-corrected chi connectivity index (χ3v) is 6.55. The number of carbonyl (C=O) groups excluding carboxylic acids is 1. The van der Waals surface area contributed by atoms with Gasteiger partial charge in [-0.25, -0.2) is 0 Å². The predicted molar refractivity (Wildman–Crippen MR) is 133 cm³/mol. The van der Waals surface area contributed by atoms with E-state index < -0.39 is 0 Å². The van der Waals surface area contributed by atoms with Gasteiger partial charge in [-0.1, -0.05) is 61.9 Å². The van der Waals surface area contributed by atoms with Crippen molar-refractivity contribution >= 4 is 5.91 Å². The number of aryl methyl sites for hydroxylation is 2. The van der Waals surface area contributed by atoms with Crippen molar-refractivity contribution in [3.63, 3.8) is 0 Å². The third kappa shape index (κ3) is 5.94. The molecule has 1 saturated heterocycles. The topological polar surface area (TPSA) is 36.7 Å². The van der Waals surface area contributed by atoms with Crippen LogP contribution in [-0.2, 0) is 6.54 Å². The van der Waals surface area contributed by atoms with Gasteiger partial charge >= 0.3 is 0 Å². The predicted octanol–water partition coefficient (Wildman–Crippen LogP) is 5.91. The molecule has 4 rings (SSSR count). The minimum Gasteiger partial charge on any atom is -0.465 e. The molecule has 2 heterocycles. The molecular weight excluding hydrogens is 408 g/mol. The maximum Gasteiger partial charge on any atom is 0.253 e. The average Bonchev–Trinajstić information content (AvgIpc) is 3.39. The highest BCUT2D eigenvalue weighted by molar-refractivity contribution is 5.94. The van der Waals surface area contributed by atoms with Crippen LogP contribution in [0.2, 0.25) is 0 Å². The molecule has 4 nitrogen and oxygen atoms in total. The third-order valence-electron chi connectivity index (χ3n) is 6.55. The summed E-state index contributed by atoms with van der Waals surface area (Å²) in [5, 5.41) is 0. The zero-order valence-corrected chi connectivity index (χ0v) is 20.3. The van der Waals surface area contributed by atoms with Crippen LogP contribution < -0.4 is 0 Å². The van der Waals surface area contributed by atoms with Crippen molar-refractivity contribution in [1.29, 1.82) is 0 Å². The average molecular weight is 445 g/mol. The van der Waals surface area contributed by atoms with Crippen LogP contribution in [0.5, 0.6) is 0 Å². The Kier molecular flexibility index (Phi) is 7.34. The highest BCUT2D eigenvalue weighted by Crippen LogP contribution is 2.34. The van der Waals surface area contributed by atoms with E-state index in [0.29, 0.717) is 17.8 Å². The van der Waals surface area contributed by atoms with Crippen molar-refractivity contribution in [2.24, 2.45) is 11.8 Å². The van der Waals surface area contributed by atoms with Gasteiger partial charge < -0.3 is 9.32 Å². The summed E-state index contributed by atoms with van der Waals surface area (Å²) in [5.41, 5.74) is 3.30. The van der Waals surface area contributed by atoms with E-state index in [1.165, 1.54) is 11.1 Å². The number of likely N-dealkylation sites (tertiary alicyclic amines) is 1. The SMILES string of the molecule is Cc1ccc(C(=O)N(CC(C)C)C[C@H]2CN(Cc3ccc(C)o3)C[C@H]2c2ccccc2)cc1. The van der Waals surface area contributed by atoms with Gasteiger partial charge in [0.05, 0.1) is 6.54 Å². The smallest absolute Gasteiger partial charge is 0.253 e. The normalized spacial score (nSPS) is 18.7. The number of hydrogen-bond donors (Lipinski definition) is 0. The highest BCUT2D eigenvalue weighted by atomic mass is 16.3. The molecule has 0 bridgehead atoms. The van der Waals surface area contributed by atoms with Gasteiger partial charge in [-0.3, -0.25) is 9.69 Å². The van der Waals surface area contributed by atoms with Gasteiger partial charge in [-0.2, -0.15) is 0 Å². The van der Waals surface area contributed by atoms with Crippen LogP contribution in [0.15, 0.2) is 71.1 Å². The zero-order chi connectivity index (χ0) is 23.4. The number of furan rings is 1. The van der Waals surface area contributed by atoms with E-state index in [9.17, 15) is 4.79 Å². The fraction of sp³-hybridized carbons (Fsp3) is 0.414. The Morgan fingerprint density at radius 1 is 1.00 bits per heavy atom. The number of benzene rings is 2. The molecule has 3 aromatic rings. The number of hydrogen-bond acceptors (Lipinski definition) is 3. The quantitative estimate of drug-likeness (QED) is 0.433. The number of rotatable bonds is 8. The molecule has 0 radical (unpaired) electrons. The molecule has 2 atom stereocenters. The van der Waals surface area contributed by atoms with Crippen molar-refractivity contribution in [2.75, 3.05) is 26.2 Å². The minimum absolute atomic E-state index is 0.135. The first-order chi connectivity index (χ1) is 15.9. The van der Waals surface area contributed by atoms with Gasteiger partial charge in [-0.05, 0) is 55.5 Å². The Balaban J connectivity index is 1.56. The summed E-state index contributed by atoms with van der Waals surface area (Å²) in [7, 11) is 0. The zero-order valence-electron chi connectivity index (χ0n) is 20.3. The van der Waals surface area contributed by atoms with E-state index in [4.69, 9.17) is 4.42 Å². The maximum atomic E-state index is 13.5. The van der Waals surface area contributed by atoms with Gasteiger partial charge in [0.25, 0.3) is 5.91 Å². The number of nitrogens with zero attached hydrogens (tertiary/aromatic N) is 2. The highest BCUT2D eigenvalue weighted by Gasteiger charge is 2.36. The Bertz CT molecular complexity index is 1040. The Morgan fingerprint density at radius 2 is 1.73 bits per heavy atom. The molecule has 0 aliphatic carbocycles. The molecule has 2 aromatic carbocycles. The lowest BCUT2D eigenvalue weighted by atomic mass is 9.88. The molecule has 1 aliphatic heterocycles. The van der Waals surface area contributed by atoms with Crippen LogP contribution in [-0.4, -0.2) is 41.9 Å². The molecule has 174 valence electrons. The molecule has 1 amide bonds. The standard InChI is InChI=1S/C29H36N2O2/c1-21(2)16-31(29(32)25-13-10-22(3)11-14-25)18-26-17-30(19-27-15-12-23(4)33-27)20-28(26)24-8-6-5-7-9-24/h5-15,21,26,28H,16-20H2,1-4H3/t26-,28+/m1/s1. The first-order valence-corrected chi connectivity index (χ1v) is 12.1. The molecule has 0 unspecified atom stereocenters. The van der Waals surface area contributed by atoms with E-state index in [-0.39, 0.29) is 5.91 Å². The number of amides is 1. The first kappa shape index (κ1) is 23.3. The fourth-order valence-electron chi connectivity index (χ4n) is 4.99. The summed E-state index contributed by atoms with van der Waals surface area (Å²) in [6, 6.07) is 22.8. The van der Waals surface area contributed by atoms with Crippen LogP contribution in [0.25, 0.3) is 0 Å². The van der Waals surface area contributed by atoms with Gasteiger partial charge in [-0.15, -0.1) is 0 Å². The maximum absolute atomic E-state index is 13.5. The lowest BCUT2D eigenvalue weighted by Crippen LogP contribution is -2.39. The summed E-state index contributed by atoms with van der Waals surface area (Å²) in [6.07, 6.45) is 0. The fourth-order valence-corrected chi connectivity index (χ4v) is 4.99. The van der Waals surface area contributed by atoms with E-state index in [1.807, 2.05) is 37.3 Å². The summed E-state index contributed by atoms with van der Waals surface area (Å²) >= 11 is 0. The van der Waals surface area contributed by atoms with Gasteiger partial charge in [0, 0.05) is 37.7 Å². The summed E-state index contributed by atoms with van der Waals surface area (Å²) < 4.78 is 5.85.